The van der Waals surface area contributed by atoms with Crippen LogP contribution in [-0.4, -0.2) is 34.9 Å². The number of nitriles is 1. The fourth-order valence-corrected chi connectivity index (χ4v) is 3.23. The average Bonchev–Trinajstić information content (AvgIpc) is 3.00. The predicted octanol–water partition coefficient (Wildman–Crippen LogP) is 2.41. The highest BCUT2D eigenvalue weighted by molar-refractivity contribution is 7.15. The summed E-state index contributed by atoms with van der Waals surface area (Å²) in [5, 5.41) is 19.3. The Morgan fingerprint density at radius 3 is 2.91 bits per heavy atom. The van der Waals surface area contributed by atoms with Gasteiger partial charge in [0.1, 0.15) is 16.6 Å². The number of ether oxygens (including phenoxy) is 1. The standard InChI is InChI=1S/C15H17N5OS/c1-11-18-19-15(22-11)20-7-4-12(5-8-20)10-21-14-13(9-16)3-2-6-17-14/h2-3,6,12H,4-5,7-8,10H2,1H3. The van der Waals surface area contributed by atoms with Gasteiger partial charge in [-0.2, -0.15) is 5.26 Å². The summed E-state index contributed by atoms with van der Waals surface area (Å²) in [4.78, 5) is 6.41. The first kappa shape index (κ1) is 14.7. The SMILES string of the molecule is Cc1nnc(N2CCC(COc3ncccc3C#N)CC2)s1. The van der Waals surface area contributed by atoms with Crippen molar-refractivity contribution in [2.45, 2.75) is 19.8 Å². The largest absolute Gasteiger partial charge is 0.476 e. The first-order chi connectivity index (χ1) is 10.8. The smallest absolute Gasteiger partial charge is 0.231 e. The lowest BCUT2D eigenvalue weighted by atomic mass is 9.98. The summed E-state index contributed by atoms with van der Waals surface area (Å²) < 4.78 is 5.74. The number of aryl methyl sites for hydroxylation is 1. The van der Waals surface area contributed by atoms with Crippen molar-refractivity contribution >= 4 is 16.5 Å². The molecule has 2 aromatic rings. The average molecular weight is 315 g/mol. The molecule has 0 atom stereocenters. The first-order valence-electron chi connectivity index (χ1n) is 7.29. The van der Waals surface area contributed by atoms with E-state index in [0.29, 0.717) is 24.0 Å². The van der Waals surface area contributed by atoms with Crippen LogP contribution in [0.3, 0.4) is 0 Å². The Morgan fingerprint density at radius 1 is 1.41 bits per heavy atom. The van der Waals surface area contributed by atoms with Gasteiger partial charge in [0.25, 0.3) is 0 Å². The monoisotopic (exact) mass is 315 g/mol. The van der Waals surface area contributed by atoms with E-state index in [4.69, 9.17) is 10.00 Å². The van der Waals surface area contributed by atoms with Gasteiger partial charge in [-0.05, 0) is 37.8 Å². The van der Waals surface area contributed by atoms with E-state index in [1.807, 2.05) is 6.92 Å². The van der Waals surface area contributed by atoms with Crippen LogP contribution in [-0.2, 0) is 0 Å². The van der Waals surface area contributed by atoms with E-state index in [0.717, 1.165) is 36.1 Å². The Bertz CT molecular complexity index is 673. The second kappa shape index (κ2) is 6.71. The zero-order valence-electron chi connectivity index (χ0n) is 12.4. The molecule has 0 spiro atoms. The van der Waals surface area contributed by atoms with Crippen LogP contribution < -0.4 is 9.64 Å². The zero-order chi connectivity index (χ0) is 15.4. The van der Waals surface area contributed by atoms with Crippen LogP contribution in [0.2, 0.25) is 0 Å². The highest BCUT2D eigenvalue weighted by Gasteiger charge is 2.22. The van der Waals surface area contributed by atoms with E-state index in [-0.39, 0.29) is 0 Å². The summed E-state index contributed by atoms with van der Waals surface area (Å²) in [6, 6.07) is 5.57. The highest BCUT2D eigenvalue weighted by atomic mass is 32.1. The van der Waals surface area contributed by atoms with Crippen molar-refractivity contribution in [1.29, 1.82) is 5.26 Å². The maximum absolute atomic E-state index is 9.03. The van der Waals surface area contributed by atoms with Gasteiger partial charge in [-0.1, -0.05) is 11.3 Å². The fraction of sp³-hybridized carbons (Fsp3) is 0.467. The molecule has 0 radical (unpaired) electrons. The molecule has 3 rings (SSSR count). The van der Waals surface area contributed by atoms with Crippen molar-refractivity contribution in [3.8, 4) is 11.9 Å². The lowest BCUT2D eigenvalue weighted by molar-refractivity contribution is 0.215. The van der Waals surface area contributed by atoms with E-state index >= 15 is 0 Å². The quantitative estimate of drug-likeness (QED) is 0.862. The minimum absolute atomic E-state index is 0.437. The number of rotatable bonds is 4. The molecule has 7 heteroatoms. The normalized spacial score (nSPS) is 15.5. The van der Waals surface area contributed by atoms with Crippen molar-refractivity contribution in [2.24, 2.45) is 5.92 Å². The van der Waals surface area contributed by atoms with E-state index in [1.165, 1.54) is 0 Å². The first-order valence-corrected chi connectivity index (χ1v) is 8.11. The molecule has 1 aliphatic heterocycles. The van der Waals surface area contributed by atoms with Gasteiger partial charge in [-0.25, -0.2) is 4.98 Å². The lowest BCUT2D eigenvalue weighted by Gasteiger charge is -2.31. The van der Waals surface area contributed by atoms with Crippen LogP contribution in [0.5, 0.6) is 5.88 Å². The molecule has 3 heterocycles. The van der Waals surface area contributed by atoms with Crippen molar-refractivity contribution in [3.63, 3.8) is 0 Å². The Hall–Kier alpha value is -2.20. The lowest BCUT2D eigenvalue weighted by Crippen LogP contribution is -2.35. The van der Waals surface area contributed by atoms with Crippen molar-refractivity contribution in [2.75, 3.05) is 24.6 Å². The van der Waals surface area contributed by atoms with Gasteiger partial charge in [-0.3, -0.25) is 0 Å². The molecule has 1 saturated heterocycles. The molecular formula is C15H17N5OS. The van der Waals surface area contributed by atoms with Crippen LogP contribution in [0.25, 0.3) is 0 Å². The predicted molar refractivity (Wildman–Crippen MR) is 84.0 cm³/mol. The molecule has 1 fully saturated rings. The maximum Gasteiger partial charge on any atom is 0.231 e. The van der Waals surface area contributed by atoms with Crippen LogP contribution in [0.4, 0.5) is 5.13 Å². The van der Waals surface area contributed by atoms with Gasteiger partial charge < -0.3 is 9.64 Å². The number of aromatic nitrogens is 3. The van der Waals surface area contributed by atoms with Crippen LogP contribution in [0, 0.1) is 24.2 Å². The molecule has 114 valence electrons. The van der Waals surface area contributed by atoms with Gasteiger partial charge in [0, 0.05) is 19.3 Å². The molecule has 0 bridgehead atoms. The number of hydrogen-bond donors (Lipinski definition) is 0. The van der Waals surface area contributed by atoms with Gasteiger partial charge in [0.2, 0.25) is 11.0 Å². The van der Waals surface area contributed by atoms with Crippen molar-refractivity contribution in [1.82, 2.24) is 15.2 Å². The molecular weight excluding hydrogens is 298 g/mol. The molecule has 2 aromatic heterocycles. The van der Waals surface area contributed by atoms with Gasteiger partial charge in [0.15, 0.2) is 0 Å². The highest BCUT2D eigenvalue weighted by Crippen LogP contribution is 2.26. The fourth-order valence-electron chi connectivity index (χ4n) is 2.49. The van der Waals surface area contributed by atoms with E-state index < -0.39 is 0 Å². The third-order valence-electron chi connectivity index (χ3n) is 3.75. The van der Waals surface area contributed by atoms with Crippen molar-refractivity contribution < 1.29 is 4.74 Å². The van der Waals surface area contributed by atoms with E-state index in [9.17, 15) is 0 Å². The Balaban J connectivity index is 1.51. The maximum atomic E-state index is 9.03. The number of anilines is 1. The molecule has 1 aliphatic rings. The Kier molecular flexibility index (Phi) is 4.49. The summed E-state index contributed by atoms with van der Waals surface area (Å²) in [5.41, 5.74) is 0.490. The second-order valence-corrected chi connectivity index (χ2v) is 6.47. The van der Waals surface area contributed by atoms with Gasteiger partial charge in [0.05, 0.1) is 6.61 Å². The summed E-state index contributed by atoms with van der Waals surface area (Å²) in [6.07, 6.45) is 3.75. The molecule has 0 N–H and O–H groups in total. The van der Waals surface area contributed by atoms with Crippen molar-refractivity contribution in [3.05, 3.63) is 28.9 Å². The molecule has 0 unspecified atom stereocenters. The number of hydrogen-bond acceptors (Lipinski definition) is 7. The minimum Gasteiger partial charge on any atom is -0.476 e. The Labute approximate surface area is 133 Å². The minimum atomic E-state index is 0.437. The van der Waals surface area contributed by atoms with Crippen LogP contribution in [0.15, 0.2) is 18.3 Å². The molecule has 0 aromatic carbocycles. The Morgan fingerprint density at radius 2 is 2.23 bits per heavy atom. The third kappa shape index (κ3) is 3.34. The molecule has 0 amide bonds. The summed E-state index contributed by atoms with van der Waals surface area (Å²) >= 11 is 1.64. The summed E-state index contributed by atoms with van der Waals surface area (Å²) in [7, 11) is 0. The second-order valence-electron chi connectivity index (χ2n) is 5.31. The van der Waals surface area contributed by atoms with Crippen LogP contribution >= 0.6 is 11.3 Å². The number of nitrogens with zero attached hydrogens (tertiary/aromatic N) is 5. The topological polar surface area (TPSA) is 74.9 Å². The number of pyridine rings is 1. The van der Waals surface area contributed by atoms with Gasteiger partial charge >= 0.3 is 0 Å². The number of piperidine rings is 1. The molecule has 22 heavy (non-hydrogen) atoms. The van der Waals surface area contributed by atoms with E-state index in [2.05, 4.69) is 26.2 Å². The third-order valence-corrected chi connectivity index (χ3v) is 4.65. The molecule has 6 nitrogen and oxygen atoms in total. The van der Waals surface area contributed by atoms with Crippen LogP contribution in [0.1, 0.15) is 23.4 Å². The zero-order valence-corrected chi connectivity index (χ0v) is 13.2. The van der Waals surface area contributed by atoms with E-state index in [1.54, 1.807) is 29.7 Å². The molecule has 0 saturated carbocycles. The summed E-state index contributed by atoms with van der Waals surface area (Å²) in [5.74, 6) is 0.922. The summed E-state index contributed by atoms with van der Waals surface area (Å²) in [6.45, 7) is 4.52. The van der Waals surface area contributed by atoms with Gasteiger partial charge in [-0.15, -0.1) is 10.2 Å². The molecule has 0 aliphatic carbocycles.